The maximum atomic E-state index is 11.6. The number of aromatic nitrogens is 2. The Hall–Kier alpha value is -2.29. The van der Waals surface area contributed by atoms with Gasteiger partial charge in [0.2, 0.25) is 5.78 Å². The number of carbonyl (C=O) groups excluding carboxylic acids is 1. The molecule has 0 unspecified atom stereocenters. The van der Waals surface area contributed by atoms with Crippen molar-refractivity contribution >= 4 is 11.9 Å². The zero-order valence-corrected chi connectivity index (χ0v) is 8.58. The molecule has 0 N–H and O–H groups in total. The minimum absolute atomic E-state index is 0.119. The summed E-state index contributed by atoms with van der Waals surface area (Å²) in [5, 5.41) is 0. The van der Waals surface area contributed by atoms with Gasteiger partial charge < -0.3 is 0 Å². The number of carbonyl (C=O) groups is 1. The fraction of sp³-hybridized carbons (Fsp3) is 0. The van der Waals surface area contributed by atoms with E-state index in [1.165, 1.54) is 12.4 Å². The molecular formula is C13H10N2O. The molecule has 0 fully saturated rings. The quantitative estimate of drug-likeness (QED) is 0.577. The minimum atomic E-state index is -0.119. The van der Waals surface area contributed by atoms with Gasteiger partial charge in [0.05, 0.1) is 0 Å². The standard InChI is InChI=1S/C13H10N2O/c16-13(12-8-9-14-10-15-12)7-6-11-4-2-1-3-5-11/h1-10H. The maximum absolute atomic E-state index is 11.6. The molecule has 0 radical (unpaired) electrons. The Labute approximate surface area is 93.5 Å². The number of ketones is 1. The van der Waals surface area contributed by atoms with E-state index in [1.54, 1.807) is 18.3 Å². The summed E-state index contributed by atoms with van der Waals surface area (Å²) in [7, 11) is 0. The molecule has 1 aromatic heterocycles. The van der Waals surface area contributed by atoms with Gasteiger partial charge in [-0.05, 0) is 17.7 Å². The van der Waals surface area contributed by atoms with E-state index in [-0.39, 0.29) is 5.78 Å². The van der Waals surface area contributed by atoms with Crippen LogP contribution >= 0.6 is 0 Å². The van der Waals surface area contributed by atoms with Crippen molar-refractivity contribution in [3.05, 3.63) is 66.3 Å². The Morgan fingerprint density at radius 3 is 2.62 bits per heavy atom. The molecule has 0 aliphatic rings. The fourth-order valence-corrected chi connectivity index (χ4v) is 1.26. The van der Waals surface area contributed by atoms with Crippen LogP contribution in [0.4, 0.5) is 0 Å². The normalized spacial score (nSPS) is 10.5. The Morgan fingerprint density at radius 1 is 1.12 bits per heavy atom. The molecule has 78 valence electrons. The molecular weight excluding hydrogens is 200 g/mol. The molecule has 0 aliphatic heterocycles. The highest BCUT2D eigenvalue weighted by Gasteiger charge is 2.00. The van der Waals surface area contributed by atoms with Gasteiger partial charge in [0.1, 0.15) is 12.0 Å². The molecule has 0 saturated carbocycles. The highest BCUT2D eigenvalue weighted by molar-refractivity contribution is 6.05. The summed E-state index contributed by atoms with van der Waals surface area (Å²) >= 11 is 0. The summed E-state index contributed by atoms with van der Waals surface area (Å²) in [6.07, 6.45) is 6.20. The van der Waals surface area contributed by atoms with Crippen LogP contribution in [-0.4, -0.2) is 15.8 Å². The molecule has 2 aromatic rings. The Bertz CT molecular complexity index is 492. The first-order valence-electron chi connectivity index (χ1n) is 4.90. The molecule has 1 heterocycles. The third-order valence-corrected chi connectivity index (χ3v) is 2.06. The number of hydrogen-bond donors (Lipinski definition) is 0. The zero-order chi connectivity index (χ0) is 11.2. The van der Waals surface area contributed by atoms with E-state index >= 15 is 0 Å². The Kier molecular flexibility index (Phi) is 3.18. The van der Waals surface area contributed by atoms with Crippen molar-refractivity contribution in [2.75, 3.05) is 0 Å². The van der Waals surface area contributed by atoms with E-state index < -0.39 is 0 Å². The second-order valence-electron chi connectivity index (χ2n) is 3.20. The largest absolute Gasteiger partial charge is 0.288 e. The van der Waals surface area contributed by atoms with Gasteiger partial charge in [0, 0.05) is 6.20 Å². The van der Waals surface area contributed by atoms with Crippen molar-refractivity contribution < 1.29 is 4.79 Å². The SMILES string of the molecule is O=C(C=Cc1ccccc1)c1ccncn1. The summed E-state index contributed by atoms with van der Waals surface area (Å²) in [6, 6.07) is 11.2. The Balaban J connectivity index is 2.12. The van der Waals surface area contributed by atoms with Crippen LogP contribution in [0, 0.1) is 0 Å². The van der Waals surface area contributed by atoms with E-state index in [4.69, 9.17) is 0 Å². The summed E-state index contributed by atoms with van der Waals surface area (Å²) in [6.45, 7) is 0. The van der Waals surface area contributed by atoms with Crippen LogP contribution in [0.5, 0.6) is 0 Å². The molecule has 16 heavy (non-hydrogen) atoms. The van der Waals surface area contributed by atoms with Gasteiger partial charge in [-0.1, -0.05) is 36.4 Å². The molecule has 2 rings (SSSR count). The molecule has 1 aromatic carbocycles. The molecule has 0 amide bonds. The zero-order valence-electron chi connectivity index (χ0n) is 8.58. The maximum Gasteiger partial charge on any atom is 0.204 e. The van der Waals surface area contributed by atoms with Crippen molar-refractivity contribution in [2.24, 2.45) is 0 Å². The number of nitrogens with zero attached hydrogens (tertiary/aromatic N) is 2. The van der Waals surface area contributed by atoms with Gasteiger partial charge in [0.15, 0.2) is 0 Å². The summed E-state index contributed by atoms with van der Waals surface area (Å²) in [5.74, 6) is -0.119. The molecule has 0 saturated heterocycles. The van der Waals surface area contributed by atoms with Gasteiger partial charge in [-0.25, -0.2) is 9.97 Å². The van der Waals surface area contributed by atoms with E-state index in [0.29, 0.717) is 5.69 Å². The number of benzene rings is 1. The predicted molar refractivity (Wildman–Crippen MR) is 61.8 cm³/mol. The van der Waals surface area contributed by atoms with Crippen molar-refractivity contribution in [2.45, 2.75) is 0 Å². The molecule has 0 atom stereocenters. The highest BCUT2D eigenvalue weighted by Crippen LogP contribution is 2.03. The molecule has 0 spiro atoms. The molecule has 3 nitrogen and oxygen atoms in total. The van der Waals surface area contributed by atoms with Crippen LogP contribution in [0.3, 0.4) is 0 Å². The first-order chi connectivity index (χ1) is 7.86. The predicted octanol–water partition coefficient (Wildman–Crippen LogP) is 2.37. The van der Waals surface area contributed by atoms with Crippen molar-refractivity contribution in [1.29, 1.82) is 0 Å². The molecule has 3 heteroatoms. The second kappa shape index (κ2) is 4.98. The van der Waals surface area contributed by atoms with Crippen LogP contribution in [0.1, 0.15) is 16.1 Å². The summed E-state index contributed by atoms with van der Waals surface area (Å²) in [5.41, 5.74) is 1.40. The average molecular weight is 210 g/mol. The highest BCUT2D eigenvalue weighted by atomic mass is 16.1. The average Bonchev–Trinajstić information content (AvgIpc) is 2.38. The van der Waals surface area contributed by atoms with E-state index in [0.717, 1.165) is 5.56 Å². The van der Waals surface area contributed by atoms with Crippen molar-refractivity contribution in [3.63, 3.8) is 0 Å². The molecule has 0 aliphatic carbocycles. The monoisotopic (exact) mass is 210 g/mol. The van der Waals surface area contributed by atoms with Gasteiger partial charge in [-0.15, -0.1) is 0 Å². The fourth-order valence-electron chi connectivity index (χ4n) is 1.26. The lowest BCUT2D eigenvalue weighted by molar-refractivity contribution is 0.104. The van der Waals surface area contributed by atoms with Gasteiger partial charge in [-0.2, -0.15) is 0 Å². The van der Waals surface area contributed by atoms with E-state index in [2.05, 4.69) is 9.97 Å². The second-order valence-corrected chi connectivity index (χ2v) is 3.20. The topological polar surface area (TPSA) is 42.9 Å². The van der Waals surface area contributed by atoms with Gasteiger partial charge in [-0.3, -0.25) is 4.79 Å². The molecule has 0 bridgehead atoms. The van der Waals surface area contributed by atoms with Crippen LogP contribution in [0.25, 0.3) is 6.08 Å². The van der Waals surface area contributed by atoms with E-state index in [9.17, 15) is 4.79 Å². The van der Waals surface area contributed by atoms with Crippen LogP contribution in [0.2, 0.25) is 0 Å². The first-order valence-corrected chi connectivity index (χ1v) is 4.90. The lowest BCUT2D eigenvalue weighted by Gasteiger charge is -1.93. The van der Waals surface area contributed by atoms with Crippen LogP contribution in [-0.2, 0) is 0 Å². The van der Waals surface area contributed by atoms with Crippen LogP contribution < -0.4 is 0 Å². The third kappa shape index (κ3) is 2.60. The van der Waals surface area contributed by atoms with E-state index in [1.807, 2.05) is 30.3 Å². The lowest BCUT2D eigenvalue weighted by atomic mass is 10.2. The van der Waals surface area contributed by atoms with Gasteiger partial charge >= 0.3 is 0 Å². The Morgan fingerprint density at radius 2 is 1.94 bits per heavy atom. The summed E-state index contributed by atoms with van der Waals surface area (Å²) in [4.78, 5) is 19.3. The lowest BCUT2D eigenvalue weighted by Crippen LogP contribution is -1.97. The van der Waals surface area contributed by atoms with Crippen molar-refractivity contribution in [3.8, 4) is 0 Å². The van der Waals surface area contributed by atoms with Crippen LogP contribution in [0.15, 0.2) is 55.0 Å². The van der Waals surface area contributed by atoms with Gasteiger partial charge in [0.25, 0.3) is 0 Å². The summed E-state index contributed by atoms with van der Waals surface area (Å²) < 4.78 is 0. The third-order valence-electron chi connectivity index (χ3n) is 2.06. The minimum Gasteiger partial charge on any atom is -0.288 e. The first kappa shape index (κ1) is 10.2. The van der Waals surface area contributed by atoms with Crippen molar-refractivity contribution in [1.82, 2.24) is 9.97 Å². The number of hydrogen-bond acceptors (Lipinski definition) is 3. The number of rotatable bonds is 3. The smallest absolute Gasteiger partial charge is 0.204 e. The number of allylic oxidation sites excluding steroid dienone is 1.